The molecule has 0 saturated heterocycles. The highest BCUT2D eigenvalue weighted by atomic mass is 35.5. The zero-order valence-corrected chi connectivity index (χ0v) is 10.3. The van der Waals surface area contributed by atoms with E-state index in [0.29, 0.717) is 11.0 Å². The number of aryl methyl sites for hydroxylation is 2. The molecule has 3 nitrogen and oxygen atoms in total. The Bertz CT molecular complexity index is 484. The van der Waals surface area contributed by atoms with Crippen LogP contribution in [0.25, 0.3) is 10.8 Å². The molecule has 2 aromatic heterocycles. The third-order valence-corrected chi connectivity index (χ3v) is 3.46. The fourth-order valence-electron chi connectivity index (χ4n) is 1.15. The van der Waals surface area contributed by atoms with Gasteiger partial charge in [0.1, 0.15) is 5.15 Å². The maximum absolute atomic E-state index is 6.00. The molecule has 78 valence electrons. The largest absolute Gasteiger partial charge is 0.238 e. The summed E-state index contributed by atoms with van der Waals surface area (Å²) in [4.78, 5) is 12.9. The van der Waals surface area contributed by atoms with Crippen molar-refractivity contribution in [3.8, 4) is 10.8 Å². The van der Waals surface area contributed by atoms with Crippen LogP contribution in [-0.4, -0.2) is 15.0 Å². The first-order chi connectivity index (χ1) is 7.08. The Kier molecular flexibility index (Phi) is 2.71. The van der Waals surface area contributed by atoms with Gasteiger partial charge in [0.2, 0.25) is 0 Å². The molecule has 0 spiro atoms. The highest BCUT2D eigenvalue weighted by molar-refractivity contribution is 7.13. The van der Waals surface area contributed by atoms with E-state index in [2.05, 4.69) is 15.0 Å². The van der Waals surface area contributed by atoms with Crippen molar-refractivity contribution in [3.63, 3.8) is 0 Å². The second-order valence-corrected chi connectivity index (χ2v) is 4.56. The molecule has 0 atom stereocenters. The topological polar surface area (TPSA) is 38.7 Å². The highest BCUT2D eigenvalue weighted by Crippen LogP contribution is 2.23. The fraction of sp³-hybridized carbons (Fsp3) is 0.300. The molecule has 0 aliphatic carbocycles. The summed E-state index contributed by atoms with van der Waals surface area (Å²) in [6, 6.07) is 0. The zero-order valence-electron chi connectivity index (χ0n) is 8.71. The van der Waals surface area contributed by atoms with Gasteiger partial charge < -0.3 is 0 Å². The lowest BCUT2D eigenvalue weighted by Gasteiger charge is -2.03. The van der Waals surface area contributed by atoms with Gasteiger partial charge in [-0.3, -0.25) is 0 Å². The van der Waals surface area contributed by atoms with Crippen molar-refractivity contribution < 1.29 is 0 Å². The smallest absolute Gasteiger partial charge is 0.190 e. The average molecular weight is 240 g/mol. The van der Waals surface area contributed by atoms with Crippen LogP contribution in [0, 0.1) is 20.8 Å². The maximum Gasteiger partial charge on any atom is 0.190 e. The van der Waals surface area contributed by atoms with Gasteiger partial charge in [-0.05, 0) is 20.8 Å². The van der Waals surface area contributed by atoms with Crippen LogP contribution in [0.4, 0.5) is 0 Å². The van der Waals surface area contributed by atoms with Gasteiger partial charge in [0.05, 0.1) is 0 Å². The Balaban J connectivity index is 2.55. The van der Waals surface area contributed by atoms with Crippen LogP contribution in [0.2, 0.25) is 5.15 Å². The molecule has 15 heavy (non-hydrogen) atoms. The fourth-order valence-corrected chi connectivity index (χ4v) is 2.09. The zero-order chi connectivity index (χ0) is 11.0. The number of halogens is 1. The molecule has 0 aliphatic rings. The predicted molar refractivity (Wildman–Crippen MR) is 62.4 cm³/mol. The molecule has 0 aliphatic heterocycles. The van der Waals surface area contributed by atoms with Crippen molar-refractivity contribution in [2.24, 2.45) is 0 Å². The third kappa shape index (κ3) is 2.01. The number of aromatic nitrogens is 3. The maximum atomic E-state index is 6.00. The number of rotatable bonds is 1. The lowest BCUT2D eigenvalue weighted by atomic mass is 10.3. The summed E-state index contributed by atoms with van der Waals surface area (Å²) in [7, 11) is 0. The first-order valence-corrected chi connectivity index (χ1v) is 5.77. The van der Waals surface area contributed by atoms with Crippen molar-refractivity contribution in [1.82, 2.24) is 15.0 Å². The van der Waals surface area contributed by atoms with Gasteiger partial charge in [-0.25, -0.2) is 15.0 Å². The standard InChI is InChI=1S/C10H10ClN3S/c1-5-4-15-10(12-5)9-13-7(3)6(2)8(11)14-9/h4H,1-3H3. The van der Waals surface area contributed by atoms with Crippen LogP contribution >= 0.6 is 22.9 Å². The van der Waals surface area contributed by atoms with Crippen LogP contribution in [0.1, 0.15) is 17.0 Å². The van der Waals surface area contributed by atoms with Crippen LogP contribution < -0.4 is 0 Å². The number of thiazole rings is 1. The van der Waals surface area contributed by atoms with Crippen molar-refractivity contribution in [3.05, 3.63) is 27.5 Å². The minimum atomic E-state index is 0.505. The summed E-state index contributed by atoms with van der Waals surface area (Å²) < 4.78 is 0. The predicted octanol–water partition coefficient (Wildman–Crippen LogP) is 3.18. The average Bonchev–Trinajstić information content (AvgIpc) is 2.60. The van der Waals surface area contributed by atoms with Crippen molar-refractivity contribution in [2.75, 3.05) is 0 Å². The van der Waals surface area contributed by atoms with E-state index in [4.69, 9.17) is 11.6 Å². The summed E-state index contributed by atoms with van der Waals surface area (Å²) in [5, 5.41) is 3.30. The normalized spacial score (nSPS) is 10.7. The molecule has 0 bridgehead atoms. The van der Waals surface area contributed by atoms with Crippen LogP contribution in [-0.2, 0) is 0 Å². The number of hydrogen-bond donors (Lipinski definition) is 0. The number of nitrogens with zero attached hydrogens (tertiary/aromatic N) is 3. The molecule has 2 rings (SSSR count). The monoisotopic (exact) mass is 239 g/mol. The Labute approximate surface area is 97.2 Å². The number of hydrogen-bond acceptors (Lipinski definition) is 4. The van der Waals surface area contributed by atoms with E-state index in [1.54, 1.807) is 0 Å². The van der Waals surface area contributed by atoms with E-state index in [0.717, 1.165) is 22.0 Å². The van der Waals surface area contributed by atoms with E-state index in [-0.39, 0.29) is 0 Å². The van der Waals surface area contributed by atoms with E-state index in [1.165, 1.54) is 11.3 Å². The minimum absolute atomic E-state index is 0.505. The van der Waals surface area contributed by atoms with Crippen LogP contribution in [0.15, 0.2) is 5.38 Å². The minimum Gasteiger partial charge on any atom is -0.238 e. The van der Waals surface area contributed by atoms with Gasteiger partial charge >= 0.3 is 0 Å². The van der Waals surface area contributed by atoms with Crippen molar-refractivity contribution in [2.45, 2.75) is 20.8 Å². The lowest BCUT2D eigenvalue weighted by molar-refractivity contribution is 1.06. The van der Waals surface area contributed by atoms with Gasteiger partial charge in [-0.2, -0.15) is 0 Å². The molecule has 0 N–H and O–H groups in total. The first kappa shape index (κ1) is 10.5. The molecule has 0 fully saturated rings. The first-order valence-electron chi connectivity index (χ1n) is 4.51. The molecule has 2 aromatic rings. The molecule has 0 saturated carbocycles. The van der Waals surface area contributed by atoms with Crippen LogP contribution in [0.3, 0.4) is 0 Å². The lowest BCUT2D eigenvalue weighted by Crippen LogP contribution is -1.96. The summed E-state index contributed by atoms with van der Waals surface area (Å²) >= 11 is 7.53. The van der Waals surface area contributed by atoms with E-state index < -0.39 is 0 Å². The molecule has 0 radical (unpaired) electrons. The molecule has 5 heteroatoms. The summed E-state index contributed by atoms with van der Waals surface area (Å²) in [6.45, 7) is 5.78. The Morgan fingerprint density at radius 3 is 2.40 bits per heavy atom. The van der Waals surface area contributed by atoms with E-state index >= 15 is 0 Å². The van der Waals surface area contributed by atoms with Gasteiger partial charge in [0, 0.05) is 22.3 Å². The van der Waals surface area contributed by atoms with Crippen molar-refractivity contribution >= 4 is 22.9 Å². The van der Waals surface area contributed by atoms with Gasteiger partial charge in [-0.15, -0.1) is 11.3 Å². The van der Waals surface area contributed by atoms with E-state index in [9.17, 15) is 0 Å². The summed E-state index contributed by atoms with van der Waals surface area (Å²) in [5.41, 5.74) is 2.81. The molecule has 0 aromatic carbocycles. The summed E-state index contributed by atoms with van der Waals surface area (Å²) in [6.07, 6.45) is 0. The van der Waals surface area contributed by atoms with Gasteiger partial charge in [-0.1, -0.05) is 11.6 Å². The molecule has 0 unspecified atom stereocenters. The molecular formula is C10H10ClN3S. The molecular weight excluding hydrogens is 230 g/mol. The Morgan fingerprint density at radius 1 is 1.13 bits per heavy atom. The van der Waals surface area contributed by atoms with Crippen LogP contribution in [0.5, 0.6) is 0 Å². The van der Waals surface area contributed by atoms with Gasteiger partial charge in [0.15, 0.2) is 10.8 Å². The third-order valence-electron chi connectivity index (χ3n) is 2.14. The Hall–Kier alpha value is -1.00. The molecule has 2 heterocycles. The highest BCUT2D eigenvalue weighted by Gasteiger charge is 2.10. The summed E-state index contributed by atoms with van der Waals surface area (Å²) in [5.74, 6) is 0.612. The Morgan fingerprint density at radius 2 is 1.87 bits per heavy atom. The second-order valence-electron chi connectivity index (χ2n) is 3.34. The van der Waals surface area contributed by atoms with Crippen molar-refractivity contribution in [1.29, 1.82) is 0 Å². The molecule has 0 amide bonds. The quantitative estimate of drug-likeness (QED) is 0.718. The van der Waals surface area contributed by atoms with E-state index in [1.807, 2.05) is 26.2 Å². The second kappa shape index (κ2) is 3.87. The SMILES string of the molecule is Cc1csc(-c2nc(C)c(C)c(Cl)n2)n1. The van der Waals surface area contributed by atoms with Gasteiger partial charge in [0.25, 0.3) is 0 Å².